The third kappa shape index (κ3) is 7.33. The van der Waals surface area contributed by atoms with E-state index in [0.717, 1.165) is 57.2 Å². The van der Waals surface area contributed by atoms with Gasteiger partial charge in [0.05, 0.1) is 7.11 Å². The van der Waals surface area contributed by atoms with E-state index in [0.29, 0.717) is 5.91 Å². The Labute approximate surface area is 177 Å². The van der Waals surface area contributed by atoms with E-state index in [-0.39, 0.29) is 5.92 Å². The number of carbonyl (C=O) groups is 3. The molecule has 166 valence electrons. The number of benzene rings is 1. The van der Waals surface area contributed by atoms with Crippen LogP contribution < -0.4 is 4.74 Å². The second-order valence-electron chi connectivity index (χ2n) is 8.02. The van der Waals surface area contributed by atoms with Crippen LogP contribution in [-0.2, 0) is 20.9 Å². The molecule has 8 heteroatoms. The van der Waals surface area contributed by atoms with Gasteiger partial charge in [-0.15, -0.1) is 0 Å². The molecule has 1 amide bonds. The van der Waals surface area contributed by atoms with Crippen LogP contribution in [0, 0.1) is 11.8 Å². The molecule has 0 unspecified atom stereocenters. The van der Waals surface area contributed by atoms with Gasteiger partial charge in [-0.1, -0.05) is 19.1 Å². The first-order chi connectivity index (χ1) is 14.3. The average molecular weight is 421 g/mol. The molecule has 0 saturated carbocycles. The molecule has 1 aromatic carbocycles. The summed E-state index contributed by atoms with van der Waals surface area (Å²) in [5, 5.41) is 14.8. The highest BCUT2D eigenvalue weighted by Crippen LogP contribution is 2.25. The van der Waals surface area contributed by atoms with Crippen molar-refractivity contribution in [1.82, 2.24) is 9.80 Å². The summed E-state index contributed by atoms with van der Waals surface area (Å²) in [6, 6.07) is 8.27. The SMILES string of the molecule is COc1cccc(CN2CCC(C(=O)N3CCC(C)CC3)CC2)c1.O=C(O)C(=O)O. The molecule has 0 bridgehead atoms. The van der Waals surface area contributed by atoms with Gasteiger partial charge in [-0.3, -0.25) is 9.69 Å². The van der Waals surface area contributed by atoms with Gasteiger partial charge in [-0.2, -0.15) is 0 Å². The predicted octanol–water partition coefficient (Wildman–Crippen LogP) is 2.32. The van der Waals surface area contributed by atoms with Gasteiger partial charge in [-0.25, -0.2) is 9.59 Å². The number of likely N-dealkylation sites (tertiary alicyclic amines) is 2. The molecule has 0 radical (unpaired) electrons. The van der Waals surface area contributed by atoms with Crippen LogP contribution in [0.2, 0.25) is 0 Å². The second kappa shape index (κ2) is 11.5. The van der Waals surface area contributed by atoms with Crippen molar-refractivity contribution in [2.24, 2.45) is 11.8 Å². The maximum atomic E-state index is 12.7. The van der Waals surface area contributed by atoms with Gasteiger partial charge in [0.2, 0.25) is 5.91 Å². The Morgan fingerprint density at radius 3 is 2.13 bits per heavy atom. The Kier molecular flexibility index (Phi) is 9.11. The Hall–Kier alpha value is -2.61. The molecule has 0 aliphatic carbocycles. The summed E-state index contributed by atoms with van der Waals surface area (Å²) < 4.78 is 5.30. The smallest absolute Gasteiger partial charge is 0.414 e. The first kappa shape index (κ1) is 23.7. The number of carboxylic acid groups (broad SMARTS) is 2. The summed E-state index contributed by atoms with van der Waals surface area (Å²) in [5.41, 5.74) is 1.28. The predicted molar refractivity (Wildman–Crippen MR) is 111 cm³/mol. The number of carbonyl (C=O) groups excluding carboxylic acids is 1. The van der Waals surface area contributed by atoms with Gasteiger partial charge in [0.1, 0.15) is 5.75 Å². The van der Waals surface area contributed by atoms with E-state index in [9.17, 15) is 4.79 Å². The molecule has 2 fully saturated rings. The Morgan fingerprint density at radius 1 is 1.00 bits per heavy atom. The highest BCUT2D eigenvalue weighted by atomic mass is 16.5. The number of carboxylic acids is 2. The number of piperidine rings is 2. The molecular formula is C22H32N2O6. The fraction of sp³-hybridized carbons (Fsp3) is 0.591. The van der Waals surface area contributed by atoms with Gasteiger partial charge in [0.15, 0.2) is 0 Å². The lowest BCUT2D eigenvalue weighted by Gasteiger charge is -2.36. The van der Waals surface area contributed by atoms with Crippen molar-refractivity contribution in [1.29, 1.82) is 0 Å². The number of nitrogens with zero attached hydrogens (tertiary/aromatic N) is 2. The molecule has 0 spiro atoms. The van der Waals surface area contributed by atoms with Crippen LogP contribution in [-0.4, -0.2) is 71.1 Å². The van der Waals surface area contributed by atoms with E-state index in [1.807, 2.05) is 12.1 Å². The zero-order valence-corrected chi connectivity index (χ0v) is 17.7. The lowest BCUT2D eigenvalue weighted by molar-refractivity contribution is -0.159. The molecule has 2 saturated heterocycles. The van der Waals surface area contributed by atoms with E-state index in [1.54, 1.807) is 7.11 Å². The first-order valence-corrected chi connectivity index (χ1v) is 10.4. The summed E-state index contributed by atoms with van der Waals surface area (Å²) in [4.78, 5) is 35.5. The normalized spacial score (nSPS) is 18.3. The van der Waals surface area contributed by atoms with Gasteiger partial charge < -0.3 is 19.8 Å². The van der Waals surface area contributed by atoms with Crippen LogP contribution in [0.5, 0.6) is 5.75 Å². The van der Waals surface area contributed by atoms with Crippen molar-refractivity contribution in [3.63, 3.8) is 0 Å². The van der Waals surface area contributed by atoms with E-state index < -0.39 is 11.9 Å². The molecule has 0 atom stereocenters. The molecule has 2 aliphatic rings. The number of hydrogen-bond donors (Lipinski definition) is 2. The number of rotatable bonds is 4. The van der Waals surface area contributed by atoms with E-state index in [2.05, 4.69) is 28.9 Å². The van der Waals surface area contributed by atoms with Gasteiger partial charge in [0.25, 0.3) is 0 Å². The molecule has 2 heterocycles. The first-order valence-electron chi connectivity index (χ1n) is 10.4. The summed E-state index contributed by atoms with van der Waals surface area (Å²) in [7, 11) is 1.71. The van der Waals surface area contributed by atoms with Crippen molar-refractivity contribution in [3.8, 4) is 5.75 Å². The zero-order valence-electron chi connectivity index (χ0n) is 17.7. The van der Waals surface area contributed by atoms with Crippen molar-refractivity contribution >= 4 is 17.8 Å². The maximum absolute atomic E-state index is 12.7. The van der Waals surface area contributed by atoms with E-state index in [4.69, 9.17) is 24.5 Å². The number of hydrogen-bond acceptors (Lipinski definition) is 5. The van der Waals surface area contributed by atoms with Crippen LogP contribution in [0.15, 0.2) is 24.3 Å². The minimum atomic E-state index is -1.82. The van der Waals surface area contributed by atoms with Gasteiger partial charge in [-0.05, 0) is 62.4 Å². The summed E-state index contributed by atoms with van der Waals surface area (Å²) >= 11 is 0. The summed E-state index contributed by atoms with van der Waals surface area (Å²) in [6.45, 7) is 7.18. The summed E-state index contributed by atoms with van der Waals surface area (Å²) in [5.74, 6) is -1.32. The standard InChI is InChI=1S/C20H30N2O2.C2H2O4/c1-16-6-12-22(13-7-16)20(23)18-8-10-21(11-9-18)15-17-4-3-5-19(14-17)24-2;3-1(4)2(5)6/h3-5,14,16,18H,6-13,15H2,1-2H3;(H,3,4)(H,5,6). The molecule has 2 N–H and O–H groups in total. The van der Waals surface area contributed by atoms with Crippen LogP contribution >= 0.6 is 0 Å². The van der Waals surface area contributed by atoms with E-state index in [1.165, 1.54) is 18.4 Å². The minimum Gasteiger partial charge on any atom is -0.497 e. The van der Waals surface area contributed by atoms with Crippen molar-refractivity contribution in [3.05, 3.63) is 29.8 Å². The highest BCUT2D eigenvalue weighted by molar-refractivity contribution is 6.27. The quantitative estimate of drug-likeness (QED) is 0.720. The Bertz CT molecular complexity index is 710. The molecule has 0 aromatic heterocycles. The van der Waals surface area contributed by atoms with Crippen molar-refractivity contribution < 1.29 is 29.3 Å². The molecule has 3 rings (SSSR count). The number of aliphatic carboxylic acids is 2. The highest BCUT2D eigenvalue weighted by Gasteiger charge is 2.30. The largest absolute Gasteiger partial charge is 0.497 e. The van der Waals surface area contributed by atoms with Gasteiger partial charge in [0, 0.05) is 25.6 Å². The fourth-order valence-electron chi connectivity index (χ4n) is 3.85. The van der Waals surface area contributed by atoms with Crippen LogP contribution in [0.3, 0.4) is 0 Å². The number of methoxy groups -OCH3 is 1. The molecule has 1 aromatic rings. The minimum absolute atomic E-state index is 0.236. The topological polar surface area (TPSA) is 107 Å². The molecule has 30 heavy (non-hydrogen) atoms. The van der Waals surface area contributed by atoms with Crippen LogP contribution in [0.1, 0.15) is 38.2 Å². The Balaban J connectivity index is 0.000000469. The fourth-order valence-corrected chi connectivity index (χ4v) is 3.85. The van der Waals surface area contributed by atoms with E-state index >= 15 is 0 Å². The molecular weight excluding hydrogens is 388 g/mol. The third-order valence-electron chi connectivity index (χ3n) is 5.76. The van der Waals surface area contributed by atoms with Crippen molar-refractivity contribution in [2.75, 3.05) is 33.3 Å². The van der Waals surface area contributed by atoms with Crippen molar-refractivity contribution in [2.45, 2.75) is 39.2 Å². The molecule has 8 nitrogen and oxygen atoms in total. The number of amides is 1. The van der Waals surface area contributed by atoms with Crippen LogP contribution in [0.4, 0.5) is 0 Å². The van der Waals surface area contributed by atoms with Crippen LogP contribution in [0.25, 0.3) is 0 Å². The number of ether oxygens (including phenoxy) is 1. The monoisotopic (exact) mass is 420 g/mol. The zero-order chi connectivity index (χ0) is 22.1. The lowest BCUT2D eigenvalue weighted by atomic mass is 9.92. The van der Waals surface area contributed by atoms with Gasteiger partial charge >= 0.3 is 11.9 Å². The second-order valence-corrected chi connectivity index (χ2v) is 8.02. The third-order valence-corrected chi connectivity index (χ3v) is 5.76. The lowest BCUT2D eigenvalue weighted by Crippen LogP contribution is -2.45. The Morgan fingerprint density at radius 2 is 1.60 bits per heavy atom. The molecule has 2 aliphatic heterocycles. The summed E-state index contributed by atoms with van der Waals surface area (Å²) in [6.07, 6.45) is 4.32. The average Bonchev–Trinajstić information content (AvgIpc) is 2.75. The maximum Gasteiger partial charge on any atom is 0.414 e.